The van der Waals surface area contributed by atoms with Crippen molar-refractivity contribution in [2.45, 2.75) is 6.54 Å². The fourth-order valence-corrected chi connectivity index (χ4v) is 4.01. The van der Waals surface area contributed by atoms with Gasteiger partial charge in [0.2, 0.25) is 0 Å². The molecule has 4 heteroatoms. The Kier molecular flexibility index (Phi) is 2.90. The van der Waals surface area contributed by atoms with Gasteiger partial charge in [0.1, 0.15) is 0 Å². The molecule has 0 atom stereocenters. The normalized spacial score (nSPS) is 11.2. The van der Waals surface area contributed by atoms with Crippen LogP contribution in [0.1, 0.15) is 5.56 Å². The molecule has 0 bridgehead atoms. The van der Waals surface area contributed by atoms with E-state index in [1.165, 1.54) is 20.3 Å². The zero-order valence-corrected chi connectivity index (χ0v) is 12.3. The lowest BCUT2D eigenvalue weighted by atomic mass is 10.2. The minimum absolute atomic E-state index is 0.855. The lowest BCUT2D eigenvalue weighted by Gasteiger charge is -2.05. The van der Waals surface area contributed by atoms with Crippen LogP contribution in [-0.4, -0.2) is 4.98 Å². The van der Waals surface area contributed by atoms with Crippen molar-refractivity contribution in [3.8, 4) is 0 Å². The highest BCUT2D eigenvalue weighted by Gasteiger charge is 2.04. The molecule has 0 aliphatic rings. The molecule has 4 aromatic rings. The van der Waals surface area contributed by atoms with Crippen molar-refractivity contribution < 1.29 is 0 Å². The summed E-state index contributed by atoms with van der Waals surface area (Å²) in [5.74, 6) is 0. The van der Waals surface area contributed by atoms with Crippen molar-refractivity contribution in [2.75, 3.05) is 5.32 Å². The van der Waals surface area contributed by atoms with Crippen LogP contribution in [0.5, 0.6) is 0 Å². The third-order valence-corrected chi connectivity index (χ3v) is 5.18. The molecule has 2 nitrogen and oxygen atoms in total. The van der Waals surface area contributed by atoms with E-state index in [0.717, 1.165) is 17.7 Å². The Balaban J connectivity index is 1.60. The maximum Gasteiger partial charge on any atom is 0.0813 e. The van der Waals surface area contributed by atoms with Gasteiger partial charge < -0.3 is 5.32 Å². The Morgan fingerprint density at radius 2 is 1.95 bits per heavy atom. The Hall–Kier alpha value is -1.91. The van der Waals surface area contributed by atoms with Crippen molar-refractivity contribution in [1.29, 1.82) is 0 Å². The molecule has 1 N–H and O–H groups in total. The molecule has 0 spiro atoms. The molecule has 20 heavy (non-hydrogen) atoms. The van der Waals surface area contributed by atoms with Gasteiger partial charge >= 0.3 is 0 Å². The second kappa shape index (κ2) is 4.89. The highest BCUT2D eigenvalue weighted by Crippen LogP contribution is 2.27. The van der Waals surface area contributed by atoms with Gasteiger partial charge in [-0.2, -0.15) is 0 Å². The highest BCUT2D eigenvalue weighted by atomic mass is 32.1. The van der Waals surface area contributed by atoms with Crippen molar-refractivity contribution in [3.05, 3.63) is 58.9 Å². The molecule has 0 unspecified atom stereocenters. The molecule has 0 saturated heterocycles. The summed E-state index contributed by atoms with van der Waals surface area (Å²) in [7, 11) is 0. The van der Waals surface area contributed by atoms with Gasteiger partial charge in [0.25, 0.3) is 0 Å². The summed E-state index contributed by atoms with van der Waals surface area (Å²) in [5, 5.41) is 7.10. The van der Waals surface area contributed by atoms with E-state index in [-0.39, 0.29) is 0 Å². The number of thiazole rings is 1. The van der Waals surface area contributed by atoms with E-state index in [4.69, 9.17) is 0 Å². The molecule has 2 aromatic carbocycles. The van der Waals surface area contributed by atoms with Gasteiger partial charge in [-0.05, 0) is 40.6 Å². The van der Waals surface area contributed by atoms with Crippen LogP contribution in [-0.2, 0) is 6.54 Å². The molecule has 4 rings (SSSR count). The third kappa shape index (κ3) is 2.07. The minimum atomic E-state index is 0.855. The maximum atomic E-state index is 4.30. The van der Waals surface area contributed by atoms with Crippen LogP contribution in [0.4, 0.5) is 5.69 Å². The first-order valence-electron chi connectivity index (χ1n) is 6.42. The smallest absolute Gasteiger partial charge is 0.0813 e. The van der Waals surface area contributed by atoms with Crippen molar-refractivity contribution in [2.24, 2.45) is 0 Å². The van der Waals surface area contributed by atoms with Gasteiger partial charge in [0, 0.05) is 16.9 Å². The molecule has 0 aliphatic heterocycles. The van der Waals surface area contributed by atoms with Crippen LogP contribution >= 0.6 is 22.7 Å². The number of aromatic nitrogens is 1. The van der Waals surface area contributed by atoms with Crippen LogP contribution in [0.2, 0.25) is 0 Å². The molecule has 0 radical (unpaired) electrons. The fraction of sp³-hybridized carbons (Fsp3) is 0.0625. The Morgan fingerprint density at radius 3 is 2.95 bits per heavy atom. The minimum Gasteiger partial charge on any atom is -0.381 e. The summed E-state index contributed by atoms with van der Waals surface area (Å²) in [5.41, 5.74) is 5.47. The molecule has 98 valence electrons. The number of rotatable bonds is 3. The Morgan fingerprint density at radius 1 is 1.00 bits per heavy atom. The van der Waals surface area contributed by atoms with Gasteiger partial charge in [-0.3, -0.25) is 0 Å². The fourth-order valence-electron chi connectivity index (χ4n) is 2.33. The van der Waals surface area contributed by atoms with E-state index in [0.29, 0.717) is 0 Å². The lowest BCUT2D eigenvalue weighted by Crippen LogP contribution is -1.98. The second-order valence-corrected chi connectivity index (χ2v) is 6.44. The average Bonchev–Trinajstić information content (AvgIpc) is 3.11. The van der Waals surface area contributed by atoms with Gasteiger partial charge in [-0.25, -0.2) is 4.98 Å². The predicted octanol–water partition coefficient (Wildman–Crippen LogP) is 5.12. The van der Waals surface area contributed by atoms with Crippen LogP contribution in [0.25, 0.3) is 20.3 Å². The van der Waals surface area contributed by atoms with Crippen LogP contribution in [0.3, 0.4) is 0 Å². The van der Waals surface area contributed by atoms with E-state index in [1.54, 1.807) is 22.7 Å². The Labute approximate surface area is 124 Å². The predicted molar refractivity (Wildman–Crippen MR) is 88.8 cm³/mol. The SMILES string of the molecule is c1ccc2c(CNc3ccc4ncsc4c3)csc2c1. The molecule has 0 amide bonds. The van der Waals surface area contributed by atoms with E-state index < -0.39 is 0 Å². The monoisotopic (exact) mass is 296 g/mol. The maximum absolute atomic E-state index is 4.30. The van der Waals surface area contributed by atoms with Crippen molar-refractivity contribution in [1.82, 2.24) is 4.98 Å². The zero-order chi connectivity index (χ0) is 13.4. The number of hydrogen-bond acceptors (Lipinski definition) is 4. The first kappa shape index (κ1) is 11.9. The van der Waals surface area contributed by atoms with Gasteiger partial charge in [0.15, 0.2) is 0 Å². The largest absolute Gasteiger partial charge is 0.381 e. The third-order valence-electron chi connectivity index (χ3n) is 3.38. The molecular formula is C16H12N2S2. The van der Waals surface area contributed by atoms with E-state index in [9.17, 15) is 0 Å². The lowest BCUT2D eigenvalue weighted by molar-refractivity contribution is 1.18. The van der Waals surface area contributed by atoms with E-state index >= 15 is 0 Å². The summed E-state index contributed by atoms with van der Waals surface area (Å²) >= 11 is 3.48. The van der Waals surface area contributed by atoms with Gasteiger partial charge in [-0.15, -0.1) is 22.7 Å². The van der Waals surface area contributed by atoms with E-state index in [2.05, 4.69) is 58.1 Å². The molecule has 0 aliphatic carbocycles. The summed E-state index contributed by atoms with van der Waals surface area (Å²) in [6.07, 6.45) is 0. The van der Waals surface area contributed by atoms with Crippen LogP contribution in [0.15, 0.2) is 53.4 Å². The summed E-state index contributed by atoms with van der Waals surface area (Å²) in [6.45, 7) is 0.855. The van der Waals surface area contributed by atoms with Gasteiger partial charge in [-0.1, -0.05) is 18.2 Å². The zero-order valence-electron chi connectivity index (χ0n) is 10.7. The Bertz CT molecular complexity index is 876. The summed E-state index contributed by atoms with van der Waals surface area (Å²) in [6, 6.07) is 14.9. The first-order valence-corrected chi connectivity index (χ1v) is 8.18. The number of fused-ring (bicyclic) bond motifs is 2. The van der Waals surface area contributed by atoms with Crippen molar-refractivity contribution >= 4 is 48.7 Å². The number of nitrogens with zero attached hydrogens (tertiary/aromatic N) is 1. The molecule has 2 aromatic heterocycles. The second-order valence-electron chi connectivity index (χ2n) is 4.65. The number of hydrogen-bond donors (Lipinski definition) is 1. The molecular weight excluding hydrogens is 284 g/mol. The number of benzene rings is 2. The van der Waals surface area contributed by atoms with Crippen LogP contribution in [0, 0.1) is 0 Å². The highest BCUT2D eigenvalue weighted by molar-refractivity contribution is 7.17. The van der Waals surface area contributed by atoms with Gasteiger partial charge in [0.05, 0.1) is 15.7 Å². The average molecular weight is 296 g/mol. The molecule has 0 saturated carbocycles. The number of nitrogens with one attached hydrogen (secondary N) is 1. The molecule has 2 heterocycles. The topological polar surface area (TPSA) is 24.9 Å². The van der Waals surface area contributed by atoms with Crippen LogP contribution < -0.4 is 5.32 Å². The van der Waals surface area contributed by atoms with E-state index in [1.807, 2.05) is 5.51 Å². The standard InChI is InChI=1S/C16H12N2S2/c1-2-4-15-13(3-1)11(9-19-15)8-17-12-5-6-14-16(7-12)20-10-18-14/h1-7,9-10,17H,8H2. The number of anilines is 1. The molecule has 0 fully saturated rings. The number of thiophene rings is 1. The summed E-state index contributed by atoms with van der Waals surface area (Å²) < 4.78 is 2.58. The summed E-state index contributed by atoms with van der Waals surface area (Å²) in [4.78, 5) is 4.30. The first-order chi connectivity index (χ1) is 9.90. The quantitative estimate of drug-likeness (QED) is 0.567. The van der Waals surface area contributed by atoms with Crippen molar-refractivity contribution in [3.63, 3.8) is 0 Å².